The zero-order chi connectivity index (χ0) is 17.2. The van der Waals surface area contributed by atoms with E-state index in [2.05, 4.69) is 0 Å². The van der Waals surface area contributed by atoms with Gasteiger partial charge in [-0.2, -0.15) is 0 Å². The molecule has 0 aliphatic carbocycles. The minimum atomic E-state index is -1.01. The Hall–Kier alpha value is -1.56. The van der Waals surface area contributed by atoms with Gasteiger partial charge in [-0.3, -0.25) is 4.57 Å². The van der Waals surface area contributed by atoms with E-state index in [-0.39, 0.29) is 5.88 Å². The average Bonchev–Trinajstić information content (AvgIpc) is 2.87. The molecule has 2 unspecified atom stereocenters. The van der Waals surface area contributed by atoms with Crippen LogP contribution in [-0.2, 0) is 4.74 Å². The Morgan fingerprint density at radius 1 is 1.30 bits per heavy atom. The number of alkyl halides is 1. The van der Waals surface area contributed by atoms with Crippen LogP contribution in [0.25, 0.3) is 10.9 Å². The second-order valence-electron chi connectivity index (χ2n) is 6.47. The van der Waals surface area contributed by atoms with Gasteiger partial charge in [0.15, 0.2) is 0 Å². The Morgan fingerprint density at radius 3 is 2.61 bits per heavy atom. The van der Waals surface area contributed by atoms with Crippen LogP contribution in [0.4, 0.5) is 4.79 Å². The summed E-state index contributed by atoms with van der Waals surface area (Å²) in [5.74, 6) is 0.273. The van der Waals surface area contributed by atoms with E-state index in [1.807, 2.05) is 20.8 Å². The highest BCUT2D eigenvalue weighted by atomic mass is 35.5. The van der Waals surface area contributed by atoms with Gasteiger partial charge in [-0.05, 0) is 51.0 Å². The monoisotopic (exact) mass is 339 g/mol. The molecule has 6 heteroatoms. The lowest BCUT2D eigenvalue weighted by molar-refractivity contribution is 0.0171. The van der Waals surface area contributed by atoms with Crippen molar-refractivity contribution in [2.45, 2.75) is 45.0 Å². The van der Waals surface area contributed by atoms with E-state index in [9.17, 15) is 15.0 Å². The molecule has 0 aliphatic rings. The molecule has 126 valence electrons. The summed E-state index contributed by atoms with van der Waals surface area (Å²) in [6.45, 7) is 5.43. The number of carbonyl (C=O) groups excluding carboxylic acids is 1. The molecule has 1 aromatic carbocycles. The van der Waals surface area contributed by atoms with Gasteiger partial charge < -0.3 is 14.9 Å². The van der Waals surface area contributed by atoms with Crippen molar-refractivity contribution in [1.82, 2.24) is 4.57 Å². The first kappa shape index (κ1) is 17.8. The van der Waals surface area contributed by atoms with E-state index >= 15 is 0 Å². The third-order valence-electron chi connectivity index (χ3n) is 3.42. The molecule has 0 bridgehead atoms. The molecule has 0 saturated carbocycles. The maximum Gasteiger partial charge on any atom is 0.418 e. The van der Waals surface area contributed by atoms with E-state index in [0.29, 0.717) is 17.5 Å². The molecule has 2 N–H and O–H groups in total. The fourth-order valence-electron chi connectivity index (χ4n) is 2.31. The molecule has 0 saturated heterocycles. The fraction of sp³-hybridized carbons (Fsp3) is 0.471. The SMILES string of the molecule is CC(C)(C)OC(=O)n1ccc2cc(C(O)C(O)CCCl)ccc21. The summed E-state index contributed by atoms with van der Waals surface area (Å²) >= 11 is 5.59. The lowest BCUT2D eigenvalue weighted by Gasteiger charge is -2.20. The maximum atomic E-state index is 12.2. The molecule has 1 aromatic heterocycles. The Balaban J connectivity index is 2.28. The molecular formula is C17H22ClNO4. The largest absolute Gasteiger partial charge is 0.443 e. The van der Waals surface area contributed by atoms with Gasteiger partial charge in [0.05, 0.1) is 11.6 Å². The van der Waals surface area contributed by atoms with Crippen molar-refractivity contribution < 1.29 is 19.7 Å². The minimum absolute atomic E-state index is 0.273. The lowest BCUT2D eigenvalue weighted by Crippen LogP contribution is -2.26. The van der Waals surface area contributed by atoms with Crippen LogP contribution in [0.15, 0.2) is 30.5 Å². The molecule has 23 heavy (non-hydrogen) atoms. The second kappa shape index (κ2) is 6.91. The predicted octanol–water partition coefficient (Wildman–Crippen LogP) is 3.45. The van der Waals surface area contributed by atoms with Crippen molar-refractivity contribution in [1.29, 1.82) is 0 Å². The predicted molar refractivity (Wildman–Crippen MR) is 89.9 cm³/mol. The van der Waals surface area contributed by atoms with Crippen molar-refractivity contribution in [3.05, 3.63) is 36.0 Å². The van der Waals surface area contributed by atoms with Crippen molar-refractivity contribution in [2.24, 2.45) is 0 Å². The van der Waals surface area contributed by atoms with Crippen molar-refractivity contribution in [3.63, 3.8) is 0 Å². The highest BCUT2D eigenvalue weighted by molar-refractivity contribution is 6.17. The van der Waals surface area contributed by atoms with Crippen LogP contribution >= 0.6 is 11.6 Å². The molecule has 0 amide bonds. The quantitative estimate of drug-likeness (QED) is 0.837. The Morgan fingerprint density at radius 2 is 2.00 bits per heavy atom. The summed E-state index contributed by atoms with van der Waals surface area (Å²) in [7, 11) is 0. The number of rotatable bonds is 4. The number of ether oxygens (including phenoxy) is 1. The van der Waals surface area contributed by atoms with Crippen LogP contribution in [-0.4, -0.2) is 38.5 Å². The summed E-state index contributed by atoms with van der Waals surface area (Å²) in [6, 6.07) is 6.93. The standard InChI is InChI=1S/C17H22ClNO4/c1-17(2,3)23-16(22)19-9-7-11-10-12(4-5-13(11)19)15(21)14(20)6-8-18/h4-5,7,9-10,14-15,20-21H,6,8H2,1-3H3. The summed E-state index contributed by atoms with van der Waals surface area (Å²) in [4.78, 5) is 12.2. The summed E-state index contributed by atoms with van der Waals surface area (Å²) in [5, 5.41) is 20.8. The van der Waals surface area contributed by atoms with Crippen LogP contribution in [0.1, 0.15) is 38.9 Å². The van der Waals surface area contributed by atoms with Crippen molar-refractivity contribution in [2.75, 3.05) is 5.88 Å². The van der Waals surface area contributed by atoms with E-state index in [1.54, 1.807) is 30.5 Å². The molecular weight excluding hydrogens is 318 g/mol. The summed E-state index contributed by atoms with van der Waals surface area (Å²) in [5.41, 5.74) is 0.689. The van der Waals surface area contributed by atoms with Gasteiger partial charge in [-0.25, -0.2) is 4.79 Å². The smallest absolute Gasteiger partial charge is 0.418 e. The number of aromatic nitrogens is 1. The molecule has 0 radical (unpaired) electrons. The highest BCUT2D eigenvalue weighted by Gasteiger charge is 2.21. The Labute approximate surface area is 140 Å². The Bertz CT molecular complexity index is 689. The number of aliphatic hydroxyl groups is 2. The van der Waals surface area contributed by atoms with Gasteiger partial charge >= 0.3 is 6.09 Å². The molecule has 2 atom stereocenters. The van der Waals surface area contributed by atoms with Crippen LogP contribution < -0.4 is 0 Å². The average molecular weight is 340 g/mol. The molecule has 0 fully saturated rings. The number of nitrogens with zero attached hydrogens (tertiary/aromatic N) is 1. The zero-order valence-electron chi connectivity index (χ0n) is 13.5. The second-order valence-corrected chi connectivity index (χ2v) is 6.85. The molecule has 1 heterocycles. The topological polar surface area (TPSA) is 71.7 Å². The number of carbonyl (C=O) groups is 1. The number of hydrogen-bond acceptors (Lipinski definition) is 4. The number of halogens is 1. The Kier molecular flexibility index (Phi) is 5.34. The summed E-state index contributed by atoms with van der Waals surface area (Å²) in [6.07, 6.45) is -0.451. The van der Waals surface area contributed by atoms with Gasteiger partial charge in [0.2, 0.25) is 0 Å². The molecule has 0 aliphatic heterocycles. The molecule has 2 aromatic rings. The third-order valence-corrected chi connectivity index (χ3v) is 3.63. The number of fused-ring (bicyclic) bond motifs is 1. The summed E-state index contributed by atoms with van der Waals surface area (Å²) < 4.78 is 6.78. The van der Waals surface area contributed by atoms with Crippen molar-refractivity contribution >= 4 is 28.6 Å². The normalized spacial score (nSPS) is 14.7. The minimum Gasteiger partial charge on any atom is -0.443 e. The van der Waals surface area contributed by atoms with E-state index in [0.717, 1.165) is 5.39 Å². The third kappa shape index (κ3) is 4.25. The number of hydrogen-bond donors (Lipinski definition) is 2. The fourth-order valence-corrected chi connectivity index (χ4v) is 2.53. The molecule has 5 nitrogen and oxygen atoms in total. The maximum absolute atomic E-state index is 12.2. The van der Waals surface area contributed by atoms with Gasteiger partial charge in [0, 0.05) is 17.5 Å². The van der Waals surface area contributed by atoms with Gasteiger partial charge in [0.1, 0.15) is 11.7 Å². The molecule has 2 rings (SSSR count). The van der Waals surface area contributed by atoms with E-state index in [1.165, 1.54) is 4.57 Å². The van der Waals surface area contributed by atoms with Crippen molar-refractivity contribution in [3.8, 4) is 0 Å². The zero-order valence-corrected chi connectivity index (χ0v) is 14.2. The lowest BCUT2D eigenvalue weighted by atomic mass is 10.0. The van der Waals surface area contributed by atoms with Crippen LogP contribution in [0.2, 0.25) is 0 Å². The first-order valence-electron chi connectivity index (χ1n) is 7.49. The van der Waals surface area contributed by atoms with Gasteiger partial charge in [-0.15, -0.1) is 11.6 Å². The number of aliphatic hydroxyl groups excluding tert-OH is 2. The van der Waals surface area contributed by atoms with Crippen LogP contribution in [0.5, 0.6) is 0 Å². The van der Waals surface area contributed by atoms with Crippen LogP contribution in [0, 0.1) is 0 Å². The van der Waals surface area contributed by atoms with Gasteiger partial charge in [0.25, 0.3) is 0 Å². The highest BCUT2D eigenvalue weighted by Crippen LogP contribution is 2.25. The molecule has 0 spiro atoms. The van der Waals surface area contributed by atoms with Gasteiger partial charge in [-0.1, -0.05) is 6.07 Å². The number of benzene rings is 1. The first-order valence-corrected chi connectivity index (χ1v) is 8.03. The first-order chi connectivity index (χ1) is 10.7. The van der Waals surface area contributed by atoms with E-state index < -0.39 is 23.9 Å². The van der Waals surface area contributed by atoms with E-state index in [4.69, 9.17) is 16.3 Å². The van der Waals surface area contributed by atoms with Crippen LogP contribution in [0.3, 0.4) is 0 Å².